The van der Waals surface area contributed by atoms with Crippen LogP contribution in [0.1, 0.15) is 43.8 Å². The van der Waals surface area contributed by atoms with Crippen molar-refractivity contribution in [2.24, 2.45) is 11.8 Å². The number of piperidine rings is 1. The summed E-state index contributed by atoms with van der Waals surface area (Å²) in [5.74, 6) is 2.34. The second-order valence-corrected chi connectivity index (χ2v) is 9.57. The fourth-order valence-electron chi connectivity index (χ4n) is 4.17. The third-order valence-electron chi connectivity index (χ3n) is 5.47. The van der Waals surface area contributed by atoms with Gasteiger partial charge >= 0.3 is 0 Å². The molecule has 0 aliphatic carbocycles. The van der Waals surface area contributed by atoms with Gasteiger partial charge in [-0.05, 0) is 25.2 Å². The molecule has 7 nitrogen and oxygen atoms in total. The van der Waals surface area contributed by atoms with Crippen molar-refractivity contribution >= 4 is 22.4 Å². The van der Waals surface area contributed by atoms with Crippen molar-refractivity contribution in [3.8, 4) is 11.4 Å². The molecule has 1 N–H and O–H groups in total. The van der Waals surface area contributed by atoms with Gasteiger partial charge in [0, 0.05) is 43.4 Å². The number of aromatic nitrogens is 3. The highest BCUT2D eigenvalue weighted by molar-refractivity contribution is 7.13. The largest absolute Gasteiger partial charge is 0.339 e. The number of hydrogen-bond donors (Lipinski definition) is 1. The van der Waals surface area contributed by atoms with Crippen molar-refractivity contribution in [2.75, 3.05) is 18.4 Å². The monoisotopic (exact) mass is 439 g/mol. The van der Waals surface area contributed by atoms with Crippen LogP contribution in [0.15, 0.2) is 34.2 Å². The molecule has 1 fully saturated rings. The Morgan fingerprint density at radius 2 is 1.94 bits per heavy atom. The van der Waals surface area contributed by atoms with E-state index in [2.05, 4.69) is 39.2 Å². The summed E-state index contributed by atoms with van der Waals surface area (Å²) in [6.45, 7) is 9.70. The molecular weight excluding hydrogens is 410 g/mol. The summed E-state index contributed by atoms with van der Waals surface area (Å²) < 4.78 is 5.30. The third-order valence-corrected chi connectivity index (χ3v) is 6.28. The lowest BCUT2D eigenvalue weighted by molar-refractivity contribution is -0.116. The van der Waals surface area contributed by atoms with E-state index in [1.165, 1.54) is 23.3 Å². The van der Waals surface area contributed by atoms with Crippen LogP contribution in [0.4, 0.5) is 5.13 Å². The lowest BCUT2D eigenvalue weighted by Crippen LogP contribution is -2.38. The minimum absolute atomic E-state index is 0.101. The summed E-state index contributed by atoms with van der Waals surface area (Å²) in [6.07, 6.45) is 1.96. The van der Waals surface area contributed by atoms with Crippen molar-refractivity contribution in [2.45, 2.75) is 46.6 Å². The summed E-state index contributed by atoms with van der Waals surface area (Å²) in [7, 11) is 0. The Labute approximate surface area is 186 Å². The van der Waals surface area contributed by atoms with Crippen molar-refractivity contribution in [3.05, 3.63) is 46.8 Å². The Bertz CT molecular complexity index is 1000. The number of hydrogen-bond acceptors (Lipinski definition) is 7. The number of aryl methyl sites for hydroxylation is 2. The number of anilines is 1. The minimum atomic E-state index is -0.101. The zero-order chi connectivity index (χ0) is 21.8. The maximum absolute atomic E-state index is 12.3. The van der Waals surface area contributed by atoms with E-state index >= 15 is 0 Å². The van der Waals surface area contributed by atoms with Gasteiger partial charge in [0.2, 0.25) is 17.6 Å². The average Bonchev–Trinajstić information content (AvgIpc) is 3.36. The van der Waals surface area contributed by atoms with Gasteiger partial charge in [0.05, 0.1) is 5.69 Å². The highest BCUT2D eigenvalue weighted by Gasteiger charge is 2.22. The lowest BCUT2D eigenvalue weighted by Gasteiger charge is -2.34. The Hall–Kier alpha value is -2.58. The molecular formula is C23H29N5O2S. The minimum Gasteiger partial charge on any atom is -0.339 e. The van der Waals surface area contributed by atoms with Crippen molar-refractivity contribution in [1.29, 1.82) is 0 Å². The molecule has 8 heteroatoms. The molecule has 0 spiro atoms. The summed E-state index contributed by atoms with van der Waals surface area (Å²) in [5.41, 5.74) is 3.09. The highest BCUT2D eigenvalue weighted by atomic mass is 32.1. The number of amides is 1. The van der Waals surface area contributed by atoms with E-state index in [0.29, 0.717) is 23.3 Å². The van der Waals surface area contributed by atoms with E-state index in [9.17, 15) is 4.79 Å². The second-order valence-electron chi connectivity index (χ2n) is 8.71. The highest BCUT2D eigenvalue weighted by Crippen LogP contribution is 2.24. The molecule has 1 saturated heterocycles. The molecule has 2 atom stereocenters. The van der Waals surface area contributed by atoms with Crippen LogP contribution >= 0.6 is 11.3 Å². The zero-order valence-corrected chi connectivity index (χ0v) is 19.1. The predicted octanol–water partition coefficient (Wildman–Crippen LogP) is 4.55. The van der Waals surface area contributed by atoms with E-state index in [4.69, 9.17) is 4.52 Å². The standard InChI is InChI=1S/C23H29N5O2S/c1-15-4-6-18(7-5-15)22-26-21(30-27-22)9-8-20(29)25-23-24-19(14-31-23)13-28-11-16(2)10-17(3)12-28/h4-7,14,16-17H,8-13H2,1-3H3,(H,24,25,29)/t16-,17-/m1/s1. The maximum atomic E-state index is 12.3. The molecule has 0 saturated carbocycles. The van der Waals surface area contributed by atoms with E-state index in [1.54, 1.807) is 0 Å². The second kappa shape index (κ2) is 9.70. The normalized spacial score (nSPS) is 19.5. The number of carbonyl (C=O) groups excluding carboxylic acids is 1. The van der Waals surface area contributed by atoms with Gasteiger partial charge in [-0.3, -0.25) is 9.69 Å². The van der Waals surface area contributed by atoms with Gasteiger partial charge in [-0.15, -0.1) is 11.3 Å². The van der Waals surface area contributed by atoms with E-state index in [-0.39, 0.29) is 12.3 Å². The zero-order valence-electron chi connectivity index (χ0n) is 18.3. The molecule has 1 amide bonds. The third kappa shape index (κ3) is 5.98. The fraction of sp³-hybridized carbons (Fsp3) is 0.478. The topological polar surface area (TPSA) is 84.2 Å². The molecule has 1 aromatic carbocycles. The van der Waals surface area contributed by atoms with Gasteiger partial charge in [-0.2, -0.15) is 4.98 Å². The molecule has 164 valence electrons. The number of likely N-dealkylation sites (tertiary alicyclic amines) is 1. The van der Waals surface area contributed by atoms with Crippen LogP contribution in [-0.2, 0) is 17.8 Å². The molecule has 4 rings (SSSR count). The fourth-order valence-corrected chi connectivity index (χ4v) is 4.88. The lowest BCUT2D eigenvalue weighted by atomic mass is 9.92. The molecule has 2 aromatic heterocycles. The Kier molecular flexibility index (Phi) is 6.77. The van der Waals surface area contributed by atoms with Gasteiger partial charge in [-0.1, -0.05) is 48.8 Å². The molecule has 31 heavy (non-hydrogen) atoms. The summed E-state index contributed by atoms with van der Waals surface area (Å²) in [6, 6.07) is 7.94. The average molecular weight is 440 g/mol. The molecule has 3 heterocycles. The van der Waals surface area contributed by atoms with Crippen LogP contribution in [0.25, 0.3) is 11.4 Å². The molecule has 0 bridgehead atoms. The van der Waals surface area contributed by atoms with E-state index in [1.807, 2.05) is 36.6 Å². The van der Waals surface area contributed by atoms with Crippen LogP contribution in [0.5, 0.6) is 0 Å². The Morgan fingerprint density at radius 1 is 1.19 bits per heavy atom. The summed E-state index contributed by atoms with van der Waals surface area (Å²) in [5, 5.41) is 9.58. The van der Waals surface area contributed by atoms with Crippen LogP contribution in [0.2, 0.25) is 0 Å². The summed E-state index contributed by atoms with van der Waals surface area (Å²) >= 11 is 1.47. The number of nitrogens with zero attached hydrogens (tertiary/aromatic N) is 4. The van der Waals surface area contributed by atoms with Gasteiger partial charge < -0.3 is 9.84 Å². The van der Waals surface area contributed by atoms with Crippen molar-refractivity contribution in [1.82, 2.24) is 20.0 Å². The van der Waals surface area contributed by atoms with Gasteiger partial charge in [0.25, 0.3) is 0 Å². The molecule has 1 aliphatic heterocycles. The Balaban J connectivity index is 1.25. The van der Waals surface area contributed by atoms with Gasteiger partial charge in [0.1, 0.15) is 0 Å². The SMILES string of the molecule is Cc1ccc(-c2noc(CCC(=O)Nc3nc(CN4C[C@H](C)C[C@@H](C)C4)cs3)n2)cc1. The molecule has 3 aromatic rings. The smallest absolute Gasteiger partial charge is 0.227 e. The molecule has 1 aliphatic rings. The first-order valence-corrected chi connectivity index (χ1v) is 11.7. The first-order valence-electron chi connectivity index (χ1n) is 10.8. The Morgan fingerprint density at radius 3 is 2.68 bits per heavy atom. The molecule has 0 unspecified atom stereocenters. The maximum Gasteiger partial charge on any atom is 0.227 e. The van der Waals surface area contributed by atoms with Gasteiger partial charge in [-0.25, -0.2) is 4.98 Å². The number of thiazole rings is 1. The summed E-state index contributed by atoms with van der Waals surface area (Å²) in [4.78, 5) is 23.8. The van der Waals surface area contributed by atoms with Crippen molar-refractivity contribution in [3.63, 3.8) is 0 Å². The van der Waals surface area contributed by atoms with Crippen LogP contribution in [0, 0.1) is 18.8 Å². The molecule has 0 radical (unpaired) electrons. The van der Waals surface area contributed by atoms with Crippen LogP contribution < -0.4 is 5.32 Å². The van der Waals surface area contributed by atoms with Crippen LogP contribution in [-0.4, -0.2) is 39.0 Å². The van der Waals surface area contributed by atoms with Crippen molar-refractivity contribution < 1.29 is 9.32 Å². The predicted molar refractivity (Wildman–Crippen MR) is 122 cm³/mol. The van der Waals surface area contributed by atoms with Crippen LogP contribution in [0.3, 0.4) is 0 Å². The number of carbonyl (C=O) groups is 1. The number of nitrogens with one attached hydrogen (secondary N) is 1. The first-order chi connectivity index (χ1) is 14.9. The van der Waals surface area contributed by atoms with E-state index < -0.39 is 0 Å². The quantitative estimate of drug-likeness (QED) is 0.581. The number of rotatable bonds is 7. The first kappa shape index (κ1) is 21.6. The van der Waals surface area contributed by atoms with E-state index in [0.717, 1.165) is 42.7 Å². The van der Waals surface area contributed by atoms with Gasteiger partial charge in [0.15, 0.2) is 5.13 Å². The number of benzene rings is 1.